The summed E-state index contributed by atoms with van der Waals surface area (Å²) in [5.74, 6) is -1.84. The van der Waals surface area contributed by atoms with E-state index in [1.165, 1.54) is 12.1 Å². The first-order valence-corrected chi connectivity index (χ1v) is 5.12. The topological polar surface area (TPSA) is 61.8 Å². The molecule has 3 N–H and O–H groups in total. The molecule has 0 bridgehead atoms. The van der Waals surface area contributed by atoms with Gasteiger partial charge in [0.2, 0.25) is 0 Å². The maximum absolute atomic E-state index is 13.0. The molecular formula is C13H9F2N3. The summed E-state index contributed by atoms with van der Waals surface area (Å²) in [6, 6.07) is 10.2. The van der Waals surface area contributed by atoms with Gasteiger partial charge in [0.05, 0.1) is 5.56 Å². The van der Waals surface area contributed by atoms with Crippen molar-refractivity contribution < 1.29 is 8.78 Å². The number of nitrogens with one attached hydrogen (secondary N) is 1. The largest absolute Gasteiger partial charge is 0.398 e. The second kappa shape index (κ2) is 4.72. The number of rotatable bonds is 2. The highest BCUT2D eigenvalue weighted by Gasteiger charge is 2.04. The summed E-state index contributed by atoms with van der Waals surface area (Å²) in [4.78, 5) is 0. The van der Waals surface area contributed by atoms with Gasteiger partial charge in [0.25, 0.3) is 0 Å². The quantitative estimate of drug-likeness (QED) is 0.799. The SMILES string of the molecule is N#Cc1cc(Nc2ccc(F)c(F)c2)ccc1N. The summed E-state index contributed by atoms with van der Waals surface area (Å²) in [6.45, 7) is 0. The maximum Gasteiger partial charge on any atom is 0.160 e. The lowest BCUT2D eigenvalue weighted by atomic mass is 10.1. The molecule has 0 atom stereocenters. The highest BCUT2D eigenvalue weighted by molar-refractivity contribution is 5.66. The van der Waals surface area contributed by atoms with Gasteiger partial charge in [-0.2, -0.15) is 5.26 Å². The Labute approximate surface area is 102 Å². The lowest BCUT2D eigenvalue weighted by Gasteiger charge is -2.08. The van der Waals surface area contributed by atoms with Crippen LogP contribution in [0.4, 0.5) is 25.8 Å². The van der Waals surface area contributed by atoms with Crippen molar-refractivity contribution in [2.24, 2.45) is 0 Å². The van der Waals surface area contributed by atoms with E-state index < -0.39 is 11.6 Å². The molecule has 0 aliphatic heterocycles. The van der Waals surface area contributed by atoms with Crippen LogP contribution in [0.1, 0.15) is 5.56 Å². The van der Waals surface area contributed by atoms with Crippen molar-refractivity contribution in [3.63, 3.8) is 0 Å². The van der Waals surface area contributed by atoms with E-state index in [0.29, 0.717) is 22.6 Å². The summed E-state index contributed by atoms with van der Waals surface area (Å²) in [6.07, 6.45) is 0. The monoisotopic (exact) mass is 245 g/mol. The molecule has 0 aliphatic rings. The number of halogens is 2. The number of hydrogen-bond acceptors (Lipinski definition) is 3. The number of nitrogen functional groups attached to an aromatic ring is 1. The fraction of sp³-hybridized carbons (Fsp3) is 0. The Bertz CT molecular complexity index is 633. The average molecular weight is 245 g/mol. The third-order valence-corrected chi connectivity index (χ3v) is 2.38. The first-order valence-electron chi connectivity index (χ1n) is 5.12. The highest BCUT2D eigenvalue weighted by atomic mass is 19.2. The molecule has 0 aliphatic carbocycles. The molecule has 2 rings (SSSR count). The van der Waals surface area contributed by atoms with E-state index in [9.17, 15) is 8.78 Å². The van der Waals surface area contributed by atoms with E-state index in [0.717, 1.165) is 12.1 Å². The van der Waals surface area contributed by atoms with E-state index in [2.05, 4.69) is 5.32 Å². The van der Waals surface area contributed by atoms with Gasteiger partial charge >= 0.3 is 0 Å². The van der Waals surface area contributed by atoms with Gasteiger partial charge in [0.1, 0.15) is 6.07 Å². The Hall–Kier alpha value is -2.61. The molecule has 90 valence electrons. The minimum atomic E-state index is -0.934. The molecule has 5 heteroatoms. The van der Waals surface area contributed by atoms with Crippen LogP contribution in [-0.2, 0) is 0 Å². The van der Waals surface area contributed by atoms with E-state index in [1.807, 2.05) is 6.07 Å². The zero-order chi connectivity index (χ0) is 13.1. The molecule has 0 fully saturated rings. The Morgan fingerprint density at radius 1 is 1.00 bits per heavy atom. The highest BCUT2D eigenvalue weighted by Crippen LogP contribution is 2.22. The predicted octanol–water partition coefficient (Wildman–Crippen LogP) is 3.16. The summed E-state index contributed by atoms with van der Waals surface area (Å²) >= 11 is 0. The number of nitrogens with zero attached hydrogens (tertiary/aromatic N) is 1. The molecule has 2 aromatic carbocycles. The summed E-state index contributed by atoms with van der Waals surface area (Å²) in [5.41, 5.74) is 7.24. The molecule has 0 spiro atoms. The van der Waals surface area contributed by atoms with Crippen LogP contribution < -0.4 is 11.1 Å². The van der Waals surface area contributed by atoms with Crippen LogP contribution in [0.25, 0.3) is 0 Å². The van der Waals surface area contributed by atoms with Crippen molar-refractivity contribution in [1.82, 2.24) is 0 Å². The van der Waals surface area contributed by atoms with E-state index >= 15 is 0 Å². The fourth-order valence-electron chi connectivity index (χ4n) is 1.47. The van der Waals surface area contributed by atoms with Crippen molar-refractivity contribution >= 4 is 17.1 Å². The first kappa shape index (κ1) is 11.9. The molecule has 0 saturated carbocycles. The molecule has 0 saturated heterocycles. The van der Waals surface area contributed by atoms with Gasteiger partial charge < -0.3 is 11.1 Å². The number of benzene rings is 2. The van der Waals surface area contributed by atoms with E-state index in [4.69, 9.17) is 11.0 Å². The van der Waals surface area contributed by atoms with E-state index in [1.54, 1.807) is 12.1 Å². The van der Waals surface area contributed by atoms with Crippen molar-refractivity contribution in [3.05, 3.63) is 53.6 Å². The normalized spacial score (nSPS) is 9.83. The van der Waals surface area contributed by atoms with Gasteiger partial charge in [0.15, 0.2) is 11.6 Å². The van der Waals surface area contributed by atoms with Crippen molar-refractivity contribution in [1.29, 1.82) is 5.26 Å². The molecule has 3 nitrogen and oxygen atoms in total. The Morgan fingerprint density at radius 2 is 1.67 bits per heavy atom. The van der Waals surface area contributed by atoms with E-state index in [-0.39, 0.29) is 0 Å². The van der Waals surface area contributed by atoms with Crippen LogP contribution >= 0.6 is 0 Å². The summed E-state index contributed by atoms with van der Waals surface area (Å²) in [5, 5.41) is 11.7. The lowest BCUT2D eigenvalue weighted by molar-refractivity contribution is 0.509. The smallest absolute Gasteiger partial charge is 0.160 e. The Morgan fingerprint density at radius 3 is 2.33 bits per heavy atom. The van der Waals surface area contributed by atoms with Crippen LogP contribution in [0.5, 0.6) is 0 Å². The molecule has 0 radical (unpaired) electrons. The zero-order valence-corrected chi connectivity index (χ0v) is 9.24. The van der Waals surface area contributed by atoms with Gasteiger partial charge in [-0.1, -0.05) is 0 Å². The molecule has 0 unspecified atom stereocenters. The Kier molecular flexibility index (Phi) is 3.11. The minimum Gasteiger partial charge on any atom is -0.398 e. The fourth-order valence-corrected chi connectivity index (χ4v) is 1.47. The summed E-state index contributed by atoms with van der Waals surface area (Å²) < 4.78 is 25.8. The van der Waals surface area contributed by atoms with Crippen LogP contribution in [0, 0.1) is 23.0 Å². The van der Waals surface area contributed by atoms with Gasteiger partial charge in [-0.15, -0.1) is 0 Å². The van der Waals surface area contributed by atoms with Crippen LogP contribution in [0.15, 0.2) is 36.4 Å². The maximum atomic E-state index is 13.0. The van der Waals surface area contributed by atoms with Gasteiger partial charge in [0, 0.05) is 23.1 Å². The second-order valence-electron chi connectivity index (χ2n) is 3.67. The molecule has 18 heavy (non-hydrogen) atoms. The number of nitrogens with two attached hydrogens (primary N) is 1. The van der Waals surface area contributed by atoms with Crippen molar-refractivity contribution in [2.75, 3.05) is 11.1 Å². The van der Waals surface area contributed by atoms with Crippen molar-refractivity contribution in [3.8, 4) is 6.07 Å². The average Bonchev–Trinajstić information content (AvgIpc) is 2.36. The molecule has 0 amide bonds. The number of nitriles is 1. The van der Waals surface area contributed by atoms with Gasteiger partial charge in [-0.3, -0.25) is 0 Å². The molecule has 2 aromatic rings. The van der Waals surface area contributed by atoms with Crippen molar-refractivity contribution in [2.45, 2.75) is 0 Å². The van der Waals surface area contributed by atoms with Crippen LogP contribution in [0.2, 0.25) is 0 Å². The van der Waals surface area contributed by atoms with Gasteiger partial charge in [-0.25, -0.2) is 8.78 Å². The summed E-state index contributed by atoms with van der Waals surface area (Å²) in [7, 11) is 0. The standard InChI is InChI=1S/C13H9F2N3/c14-11-3-1-10(6-12(11)15)18-9-2-4-13(17)8(5-9)7-16/h1-6,18H,17H2. The number of hydrogen-bond donors (Lipinski definition) is 2. The predicted molar refractivity (Wildman–Crippen MR) is 65.2 cm³/mol. The van der Waals surface area contributed by atoms with Crippen LogP contribution in [0.3, 0.4) is 0 Å². The second-order valence-corrected chi connectivity index (χ2v) is 3.67. The van der Waals surface area contributed by atoms with Gasteiger partial charge in [-0.05, 0) is 30.3 Å². The minimum absolute atomic E-state index is 0.322. The lowest BCUT2D eigenvalue weighted by Crippen LogP contribution is -1.95. The Balaban J connectivity index is 2.29. The zero-order valence-electron chi connectivity index (χ0n) is 9.24. The molecule has 0 aromatic heterocycles. The third kappa shape index (κ3) is 2.38. The third-order valence-electron chi connectivity index (χ3n) is 2.38. The molecular weight excluding hydrogens is 236 g/mol. The van der Waals surface area contributed by atoms with Crippen LogP contribution in [-0.4, -0.2) is 0 Å². The first-order chi connectivity index (χ1) is 8.60. The number of anilines is 3. The molecule has 0 heterocycles.